The van der Waals surface area contributed by atoms with Crippen LogP contribution in [-0.2, 0) is 4.74 Å². The summed E-state index contributed by atoms with van der Waals surface area (Å²) in [6, 6.07) is 5.59. The van der Waals surface area contributed by atoms with E-state index in [4.69, 9.17) is 0 Å². The van der Waals surface area contributed by atoms with Crippen molar-refractivity contribution < 1.29 is 19.2 Å². The number of nitrogens with zero attached hydrogens (tertiary/aromatic N) is 1. The SMILES string of the molecule is COC(=O)c1c(C)[nH]c(C(=O)Nc2cccc([N+](=O)[O-])c2)c1C. The molecule has 8 nitrogen and oxygen atoms in total. The Morgan fingerprint density at radius 3 is 2.61 bits per heavy atom. The normalized spacial score (nSPS) is 10.2. The molecular formula is C15H15N3O5. The third kappa shape index (κ3) is 3.20. The quantitative estimate of drug-likeness (QED) is 0.511. The van der Waals surface area contributed by atoms with E-state index in [0.29, 0.717) is 16.8 Å². The molecule has 0 aliphatic carbocycles. The molecule has 0 bridgehead atoms. The first-order chi connectivity index (χ1) is 10.8. The van der Waals surface area contributed by atoms with Gasteiger partial charge in [-0.2, -0.15) is 0 Å². The number of esters is 1. The van der Waals surface area contributed by atoms with Crippen molar-refractivity contribution in [2.45, 2.75) is 13.8 Å². The smallest absolute Gasteiger partial charge is 0.339 e. The number of nitro benzene ring substituents is 1. The van der Waals surface area contributed by atoms with Crippen LogP contribution in [0, 0.1) is 24.0 Å². The molecule has 1 amide bonds. The maximum absolute atomic E-state index is 12.3. The molecule has 2 N–H and O–H groups in total. The number of nitrogens with one attached hydrogen (secondary N) is 2. The molecule has 1 aromatic carbocycles. The average molecular weight is 317 g/mol. The van der Waals surface area contributed by atoms with Crippen LogP contribution >= 0.6 is 0 Å². The minimum absolute atomic E-state index is 0.127. The standard InChI is InChI=1S/C15H15N3O5/c1-8-12(15(20)23-3)9(2)16-13(8)14(19)17-10-5-4-6-11(7-10)18(21)22/h4-7,16H,1-3H3,(H,17,19). The largest absolute Gasteiger partial charge is 0.465 e. The monoisotopic (exact) mass is 317 g/mol. The Kier molecular flexibility index (Phi) is 4.44. The van der Waals surface area contributed by atoms with Crippen molar-refractivity contribution in [3.8, 4) is 0 Å². The number of nitro groups is 1. The van der Waals surface area contributed by atoms with Crippen LogP contribution in [0.3, 0.4) is 0 Å². The molecular weight excluding hydrogens is 302 g/mol. The van der Waals surface area contributed by atoms with Gasteiger partial charge in [0.1, 0.15) is 5.69 Å². The zero-order chi connectivity index (χ0) is 17.1. The van der Waals surface area contributed by atoms with E-state index < -0.39 is 16.8 Å². The topological polar surface area (TPSA) is 114 Å². The van der Waals surface area contributed by atoms with Gasteiger partial charge in [-0.25, -0.2) is 4.79 Å². The third-order valence-corrected chi connectivity index (χ3v) is 3.37. The maximum Gasteiger partial charge on any atom is 0.339 e. The number of hydrogen-bond acceptors (Lipinski definition) is 5. The van der Waals surface area contributed by atoms with Gasteiger partial charge in [0.15, 0.2) is 0 Å². The van der Waals surface area contributed by atoms with Crippen LogP contribution in [-0.4, -0.2) is 28.9 Å². The number of amides is 1. The van der Waals surface area contributed by atoms with E-state index in [1.165, 1.54) is 31.4 Å². The van der Waals surface area contributed by atoms with E-state index in [1.807, 2.05) is 0 Å². The van der Waals surface area contributed by atoms with Crippen molar-refractivity contribution in [1.82, 2.24) is 4.98 Å². The zero-order valence-corrected chi connectivity index (χ0v) is 12.8. The number of non-ortho nitro benzene ring substituents is 1. The second-order valence-electron chi connectivity index (χ2n) is 4.88. The van der Waals surface area contributed by atoms with Crippen molar-refractivity contribution in [2.24, 2.45) is 0 Å². The second kappa shape index (κ2) is 6.30. The number of benzene rings is 1. The van der Waals surface area contributed by atoms with E-state index in [-0.39, 0.29) is 17.1 Å². The van der Waals surface area contributed by atoms with Crippen molar-refractivity contribution in [2.75, 3.05) is 12.4 Å². The fourth-order valence-corrected chi connectivity index (χ4v) is 2.28. The average Bonchev–Trinajstić information content (AvgIpc) is 2.81. The van der Waals surface area contributed by atoms with E-state index >= 15 is 0 Å². The third-order valence-electron chi connectivity index (χ3n) is 3.37. The number of rotatable bonds is 4. The van der Waals surface area contributed by atoms with Crippen molar-refractivity contribution >= 4 is 23.3 Å². The van der Waals surface area contributed by atoms with Crippen molar-refractivity contribution in [3.63, 3.8) is 0 Å². The highest BCUT2D eigenvalue weighted by molar-refractivity contribution is 6.06. The zero-order valence-electron chi connectivity index (χ0n) is 12.8. The van der Waals surface area contributed by atoms with Gasteiger partial charge < -0.3 is 15.0 Å². The number of carbonyl (C=O) groups is 2. The molecule has 0 aliphatic heterocycles. The van der Waals surface area contributed by atoms with Gasteiger partial charge in [-0.1, -0.05) is 6.07 Å². The Labute approximate surface area is 131 Å². The van der Waals surface area contributed by atoms with Gasteiger partial charge in [0, 0.05) is 23.5 Å². The van der Waals surface area contributed by atoms with E-state index in [9.17, 15) is 19.7 Å². The summed E-state index contributed by atoms with van der Waals surface area (Å²) >= 11 is 0. The van der Waals surface area contributed by atoms with Crippen LogP contribution < -0.4 is 5.32 Å². The highest BCUT2D eigenvalue weighted by Crippen LogP contribution is 2.21. The van der Waals surface area contributed by atoms with E-state index in [0.717, 1.165) is 0 Å². The Morgan fingerprint density at radius 2 is 2.00 bits per heavy atom. The summed E-state index contributed by atoms with van der Waals surface area (Å²) in [6.45, 7) is 3.28. The molecule has 0 saturated heterocycles. The number of aromatic amines is 1. The fraction of sp³-hybridized carbons (Fsp3) is 0.200. The number of aromatic nitrogens is 1. The number of ether oxygens (including phenoxy) is 1. The Hall–Kier alpha value is -3.16. The highest BCUT2D eigenvalue weighted by atomic mass is 16.6. The number of carbonyl (C=O) groups excluding carboxylic acids is 2. The van der Waals surface area contributed by atoms with Gasteiger partial charge in [-0.15, -0.1) is 0 Å². The van der Waals surface area contributed by atoms with E-state index in [1.54, 1.807) is 13.8 Å². The summed E-state index contributed by atoms with van der Waals surface area (Å²) in [5, 5.41) is 13.3. The minimum Gasteiger partial charge on any atom is -0.465 e. The molecule has 2 aromatic rings. The first-order valence-corrected chi connectivity index (χ1v) is 6.68. The lowest BCUT2D eigenvalue weighted by atomic mass is 10.1. The van der Waals surface area contributed by atoms with Gasteiger partial charge in [0.2, 0.25) is 0 Å². The molecule has 1 heterocycles. The summed E-state index contributed by atoms with van der Waals surface area (Å²) in [5.41, 5.74) is 1.63. The predicted molar refractivity (Wildman–Crippen MR) is 82.7 cm³/mol. The van der Waals surface area contributed by atoms with Gasteiger partial charge >= 0.3 is 5.97 Å². The maximum atomic E-state index is 12.3. The molecule has 0 saturated carbocycles. The Bertz CT molecular complexity index is 794. The van der Waals surface area contributed by atoms with Gasteiger partial charge in [0.05, 0.1) is 17.6 Å². The van der Waals surface area contributed by atoms with Crippen molar-refractivity contribution in [3.05, 3.63) is 56.9 Å². The molecule has 0 atom stereocenters. The van der Waals surface area contributed by atoms with Crippen LogP contribution in [0.15, 0.2) is 24.3 Å². The lowest BCUT2D eigenvalue weighted by Gasteiger charge is -2.05. The first kappa shape index (κ1) is 16.2. The van der Waals surface area contributed by atoms with Crippen LogP contribution in [0.1, 0.15) is 32.1 Å². The lowest BCUT2D eigenvalue weighted by molar-refractivity contribution is -0.384. The minimum atomic E-state index is -0.547. The number of methoxy groups -OCH3 is 1. The van der Waals surface area contributed by atoms with Crippen LogP contribution in [0.5, 0.6) is 0 Å². The number of anilines is 1. The summed E-state index contributed by atoms with van der Waals surface area (Å²) in [6.07, 6.45) is 0. The van der Waals surface area contributed by atoms with Crippen LogP contribution in [0.4, 0.5) is 11.4 Å². The fourth-order valence-electron chi connectivity index (χ4n) is 2.28. The van der Waals surface area contributed by atoms with Gasteiger partial charge in [0.25, 0.3) is 11.6 Å². The molecule has 0 aliphatic rings. The van der Waals surface area contributed by atoms with Crippen molar-refractivity contribution in [1.29, 1.82) is 0 Å². The molecule has 23 heavy (non-hydrogen) atoms. The molecule has 0 radical (unpaired) electrons. The molecule has 1 aromatic heterocycles. The predicted octanol–water partition coefficient (Wildman–Crippen LogP) is 2.58. The van der Waals surface area contributed by atoms with Gasteiger partial charge in [-0.05, 0) is 25.5 Å². The molecule has 0 fully saturated rings. The molecule has 8 heteroatoms. The molecule has 120 valence electrons. The first-order valence-electron chi connectivity index (χ1n) is 6.68. The summed E-state index contributed by atoms with van der Waals surface area (Å²) in [4.78, 5) is 37.1. The molecule has 2 rings (SSSR count). The van der Waals surface area contributed by atoms with Crippen LogP contribution in [0.2, 0.25) is 0 Å². The Balaban J connectivity index is 2.30. The molecule has 0 spiro atoms. The summed E-state index contributed by atoms with van der Waals surface area (Å²) in [7, 11) is 1.26. The van der Waals surface area contributed by atoms with Crippen LogP contribution in [0.25, 0.3) is 0 Å². The van der Waals surface area contributed by atoms with Gasteiger partial charge in [-0.3, -0.25) is 14.9 Å². The lowest BCUT2D eigenvalue weighted by Crippen LogP contribution is -2.14. The van der Waals surface area contributed by atoms with E-state index in [2.05, 4.69) is 15.0 Å². The second-order valence-corrected chi connectivity index (χ2v) is 4.88. The number of H-pyrrole nitrogens is 1. The summed E-state index contributed by atoms with van der Waals surface area (Å²) in [5.74, 6) is -1.04. The Morgan fingerprint density at radius 1 is 1.30 bits per heavy atom. The number of hydrogen-bond donors (Lipinski definition) is 2. The number of aryl methyl sites for hydroxylation is 1. The highest BCUT2D eigenvalue weighted by Gasteiger charge is 2.22. The summed E-state index contributed by atoms with van der Waals surface area (Å²) < 4.78 is 4.69. The molecule has 0 unspecified atom stereocenters.